The summed E-state index contributed by atoms with van der Waals surface area (Å²) in [6.07, 6.45) is 0.800. The molecule has 1 amide bonds. The number of hydrogen-bond donors (Lipinski definition) is 1. The molecule has 1 N–H and O–H groups in total. The molecule has 5 heteroatoms. The van der Waals surface area contributed by atoms with Crippen LogP contribution in [-0.2, 0) is 6.42 Å². The second kappa shape index (κ2) is 7.56. The van der Waals surface area contributed by atoms with E-state index in [9.17, 15) is 4.79 Å². The van der Waals surface area contributed by atoms with Crippen molar-refractivity contribution >= 4 is 53.7 Å². The van der Waals surface area contributed by atoms with Crippen LogP contribution in [0.4, 0.5) is 0 Å². The van der Waals surface area contributed by atoms with Crippen LogP contribution in [-0.4, -0.2) is 11.9 Å². The van der Waals surface area contributed by atoms with Crippen molar-refractivity contribution in [1.29, 1.82) is 0 Å². The van der Waals surface area contributed by atoms with Crippen LogP contribution in [0.2, 0.25) is 0 Å². The SMILES string of the molecule is CC(Cc1ccc(Br)cc1)NC(=O)c1cc(Br)cc(Br)c1. The van der Waals surface area contributed by atoms with Gasteiger partial charge >= 0.3 is 0 Å². The molecule has 2 nitrogen and oxygen atoms in total. The highest BCUT2D eigenvalue weighted by Crippen LogP contribution is 2.20. The van der Waals surface area contributed by atoms with Crippen LogP contribution in [0.25, 0.3) is 0 Å². The monoisotopic (exact) mass is 473 g/mol. The van der Waals surface area contributed by atoms with Gasteiger partial charge in [-0.1, -0.05) is 59.9 Å². The van der Waals surface area contributed by atoms with E-state index in [0.29, 0.717) is 5.56 Å². The van der Waals surface area contributed by atoms with Gasteiger partial charge in [0.2, 0.25) is 0 Å². The van der Waals surface area contributed by atoms with E-state index >= 15 is 0 Å². The molecule has 0 saturated heterocycles. The molecule has 0 radical (unpaired) electrons. The molecule has 0 aliphatic carbocycles. The summed E-state index contributed by atoms with van der Waals surface area (Å²) in [5.74, 6) is -0.0680. The molecule has 110 valence electrons. The first-order valence-electron chi connectivity index (χ1n) is 6.45. The van der Waals surface area contributed by atoms with Gasteiger partial charge in [-0.2, -0.15) is 0 Å². The van der Waals surface area contributed by atoms with Gasteiger partial charge < -0.3 is 5.32 Å². The summed E-state index contributed by atoms with van der Waals surface area (Å²) < 4.78 is 2.81. The lowest BCUT2D eigenvalue weighted by Crippen LogP contribution is -2.34. The predicted molar refractivity (Wildman–Crippen MR) is 96.6 cm³/mol. The number of rotatable bonds is 4. The van der Waals surface area contributed by atoms with E-state index in [1.54, 1.807) is 0 Å². The largest absolute Gasteiger partial charge is 0.349 e. The van der Waals surface area contributed by atoms with Gasteiger partial charge in [0, 0.05) is 25.0 Å². The van der Waals surface area contributed by atoms with Crippen molar-refractivity contribution in [2.24, 2.45) is 0 Å². The van der Waals surface area contributed by atoms with Gasteiger partial charge in [-0.15, -0.1) is 0 Å². The minimum absolute atomic E-state index is 0.0661. The maximum atomic E-state index is 12.2. The molecular formula is C16H14Br3NO. The Hall–Kier alpha value is -0.650. The number of amides is 1. The van der Waals surface area contributed by atoms with Crippen molar-refractivity contribution < 1.29 is 4.79 Å². The fourth-order valence-electron chi connectivity index (χ4n) is 2.02. The summed E-state index contributed by atoms with van der Waals surface area (Å²) in [6, 6.07) is 13.7. The molecule has 0 bridgehead atoms. The van der Waals surface area contributed by atoms with Gasteiger partial charge in [0.05, 0.1) is 0 Å². The summed E-state index contributed by atoms with van der Waals surface area (Å²) in [5, 5.41) is 3.02. The molecule has 0 aliphatic heterocycles. The normalized spacial score (nSPS) is 12.0. The van der Waals surface area contributed by atoms with Crippen LogP contribution in [0.5, 0.6) is 0 Å². The minimum Gasteiger partial charge on any atom is -0.349 e. The fraction of sp³-hybridized carbons (Fsp3) is 0.188. The molecule has 21 heavy (non-hydrogen) atoms. The van der Waals surface area contributed by atoms with Crippen molar-refractivity contribution in [1.82, 2.24) is 5.32 Å². The zero-order valence-electron chi connectivity index (χ0n) is 11.4. The van der Waals surface area contributed by atoms with Crippen LogP contribution < -0.4 is 5.32 Å². The first-order valence-corrected chi connectivity index (χ1v) is 8.83. The number of benzene rings is 2. The molecule has 0 spiro atoms. The molecule has 0 heterocycles. The van der Waals surface area contributed by atoms with Crippen LogP contribution in [0.1, 0.15) is 22.8 Å². The summed E-state index contributed by atoms with van der Waals surface area (Å²) in [7, 11) is 0. The quantitative estimate of drug-likeness (QED) is 0.635. The minimum atomic E-state index is -0.0680. The number of hydrogen-bond acceptors (Lipinski definition) is 1. The van der Waals surface area contributed by atoms with Crippen molar-refractivity contribution in [2.75, 3.05) is 0 Å². The Labute approximate surface area is 149 Å². The van der Waals surface area contributed by atoms with E-state index in [1.807, 2.05) is 37.3 Å². The first kappa shape index (κ1) is 16.7. The fourth-order valence-corrected chi connectivity index (χ4v) is 3.58. The first-order chi connectivity index (χ1) is 9.94. The molecule has 2 rings (SSSR count). The summed E-state index contributed by atoms with van der Waals surface area (Å²) in [5.41, 5.74) is 1.83. The average Bonchev–Trinajstić information content (AvgIpc) is 2.40. The lowest BCUT2D eigenvalue weighted by molar-refractivity contribution is 0.0940. The molecular weight excluding hydrogens is 462 g/mol. The Morgan fingerprint density at radius 2 is 1.57 bits per heavy atom. The molecule has 0 aliphatic rings. The standard InChI is InChI=1S/C16H14Br3NO/c1-10(6-11-2-4-13(17)5-3-11)20-16(21)12-7-14(18)9-15(19)8-12/h2-5,7-10H,6H2,1H3,(H,20,21). The second-order valence-corrected chi connectivity index (χ2v) is 7.61. The number of halogens is 3. The lowest BCUT2D eigenvalue weighted by Gasteiger charge is -2.14. The van der Waals surface area contributed by atoms with E-state index in [2.05, 4.69) is 65.2 Å². The number of nitrogens with one attached hydrogen (secondary N) is 1. The highest BCUT2D eigenvalue weighted by Gasteiger charge is 2.11. The van der Waals surface area contributed by atoms with E-state index in [1.165, 1.54) is 5.56 Å². The third-order valence-electron chi connectivity index (χ3n) is 2.96. The molecule has 1 atom stereocenters. The average molecular weight is 476 g/mol. The van der Waals surface area contributed by atoms with Crippen molar-refractivity contribution in [3.63, 3.8) is 0 Å². The Kier molecular flexibility index (Phi) is 6.02. The maximum Gasteiger partial charge on any atom is 0.251 e. The van der Waals surface area contributed by atoms with Crippen molar-refractivity contribution in [3.05, 3.63) is 67.0 Å². The molecule has 2 aromatic rings. The summed E-state index contributed by atoms with van der Waals surface area (Å²) in [6.45, 7) is 2.01. The predicted octanol–water partition coefficient (Wildman–Crippen LogP) is 5.34. The third-order valence-corrected chi connectivity index (χ3v) is 4.40. The van der Waals surface area contributed by atoms with E-state index in [4.69, 9.17) is 0 Å². The maximum absolute atomic E-state index is 12.2. The summed E-state index contributed by atoms with van der Waals surface area (Å²) >= 11 is 10.2. The van der Waals surface area contributed by atoms with Gasteiger partial charge in [-0.3, -0.25) is 4.79 Å². The van der Waals surface area contributed by atoms with Crippen molar-refractivity contribution in [3.8, 4) is 0 Å². The van der Waals surface area contributed by atoms with Crippen LogP contribution >= 0.6 is 47.8 Å². The van der Waals surface area contributed by atoms with E-state index in [0.717, 1.165) is 19.8 Å². The Balaban J connectivity index is 2.00. The Morgan fingerprint density at radius 3 is 2.14 bits per heavy atom. The molecule has 2 aromatic carbocycles. The number of carbonyl (C=O) groups excluding carboxylic acids is 1. The van der Waals surface area contributed by atoms with E-state index < -0.39 is 0 Å². The highest BCUT2D eigenvalue weighted by atomic mass is 79.9. The van der Waals surface area contributed by atoms with Crippen LogP contribution in [0.15, 0.2) is 55.9 Å². The smallest absolute Gasteiger partial charge is 0.251 e. The Bertz CT molecular complexity index is 620. The topological polar surface area (TPSA) is 29.1 Å². The zero-order chi connectivity index (χ0) is 15.4. The van der Waals surface area contributed by atoms with Gasteiger partial charge in [-0.25, -0.2) is 0 Å². The lowest BCUT2D eigenvalue weighted by atomic mass is 10.1. The Morgan fingerprint density at radius 1 is 1.00 bits per heavy atom. The van der Waals surface area contributed by atoms with E-state index in [-0.39, 0.29) is 11.9 Å². The van der Waals surface area contributed by atoms with Crippen LogP contribution in [0.3, 0.4) is 0 Å². The third kappa shape index (κ3) is 5.24. The molecule has 0 fully saturated rings. The highest BCUT2D eigenvalue weighted by molar-refractivity contribution is 9.11. The van der Waals surface area contributed by atoms with Crippen LogP contribution in [0, 0.1) is 0 Å². The molecule has 0 saturated carbocycles. The zero-order valence-corrected chi connectivity index (χ0v) is 16.1. The second-order valence-electron chi connectivity index (χ2n) is 4.86. The summed E-state index contributed by atoms with van der Waals surface area (Å²) in [4.78, 5) is 12.2. The van der Waals surface area contributed by atoms with Gasteiger partial charge in [0.25, 0.3) is 5.91 Å². The van der Waals surface area contributed by atoms with Crippen molar-refractivity contribution in [2.45, 2.75) is 19.4 Å². The van der Waals surface area contributed by atoms with Gasteiger partial charge in [0.1, 0.15) is 0 Å². The van der Waals surface area contributed by atoms with Gasteiger partial charge in [0.15, 0.2) is 0 Å². The van der Waals surface area contributed by atoms with Gasteiger partial charge in [-0.05, 0) is 49.2 Å². The molecule has 0 aromatic heterocycles. The molecule has 1 unspecified atom stereocenters. The number of carbonyl (C=O) groups is 1.